The Morgan fingerprint density at radius 3 is 2.67 bits per heavy atom. The second-order valence-electron chi connectivity index (χ2n) is 3.96. The van der Waals surface area contributed by atoms with E-state index in [0.29, 0.717) is 0 Å². The van der Waals surface area contributed by atoms with Crippen LogP contribution in [0.15, 0.2) is 41.7 Å². The lowest BCUT2D eigenvalue weighted by molar-refractivity contribution is 0.990. The van der Waals surface area contributed by atoms with Crippen LogP contribution in [-0.4, -0.2) is 16.5 Å². The van der Waals surface area contributed by atoms with Crippen molar-refractivity contribution in [3.05, 3.63) is 47.8 Å². The van der Waals surface area contributed by atoms with Gasteiger partial charge in [-0.25, -0.2) is 9.97 Å². The third kappa shape index (κ3) is 3.23. The molecule has 4 heteroatoms. The van der Waals surface area contributed by atoms with Gasteiger partial charge >= 0.3 is 0 Å². The normalized spacial score (nSPS) is 10.3. The molecule has 0 atom stereocenters. The Morgan fingerprint density at radius 1 is 1.17 bits per heavy atom. The monoisotopic (exact) mass is 259 g/mol. The van der Waals surface area contributed by atoms with Crippen LogP contribution in [0.2, 0.25) is 0 Å². The standard InChI is InChI=1S/C14H17N3S/c1-3-15-13-11(2)14(17-10-16-13)18-9-12-7-5-4-6-8-12/h4-8,10H,3,9H2,1-2H3,(H,15,16,17). The summed E-state index contributed by atoms with van der Waals surface area (Å²) in [6.45, 7) is 5.00. The lowest BCUT2D eigenvalue weighted by atomic mass is 10.2. The van der Waals surface area contributed by atoms with Gasteiger partial charge in [-0.1, -0.05) is 30.3 Å². The molecule has 0 radical (unpaired) electrons. The fraction of sp³-hybridized carbons (Fsp3) is 0.286. The molecule has 0 fully saturated rings. The first kappa shape index (κ1) is 12.9. The Hall–Kier alpha value is -1.55. The first-order chi connectivity index (χ1) is 8.81. The van der Waals surface area contributed by atoms with Gasteiger partial charge in [0.15, 0.2) is 0 Å². The number of rotatable bonds is 5. The number of benzene rings is 1. The highest BCUT2D eigenvalue weighted by Gasteiger charge is 2.06. The summed E-state index contributed by atoms with van der Waals surface area (Å²) < 4.78 is 0. The number of nitrogens with one attached hydrogen (secondary N) is 1. The molecule has 0 unspecified atom stereocenters. The van der Waals surface area contributed by atoms with Gasteiger partial charge in [-0.3, -0.25) is 0 Å². The average molecular weight is 259 g/mol. The van der Waals surface area contributed by atoms with Crippen LogP contribution in [-0.2, 0) is 5.75 Å². The molecule has 1 aromatic carbocycles. The van der Waals surface area contributed by atoms with Crippen molar-refractivity contribution < 1.29 is 0 Å². The second-order valence-corrected chi connectivity index (χ2v) is 4.92. The van der Waals surface area contributed by atoms with Crippen LogP contribution < -0.4 is 5.32 Å². The van der Waals surface area contributed by atoms with Gasteiger partial charge in [-0.15, -0.1) is 11.8 Å². The third-order valence-electron chi connectivity index (χ3n) is 2.60. The Bertz CT molecular complexity index is 500. The maximum Gasteiger partial charge on any atom is 0.133 e. The lowest BCUT2D eigenvalue weighted by Gasteiger charge is -2.09. The van der Waals surface area contributed by atoms with Crippen LogP contribution >= 0.6 is 11.8 Å². The zero-order valence-electron chi connectivity index (χ0n) is 10.7. The number of aromatic nitrogens is 2. The third-order valence-corrected chi connectivity index (χ3v) is 3.76. The summed E-state index contributed by atoms with van der Waals surface area (Å²) in [6.07, 6.45) is 1.62. The van der Waals surface area contributed by atoms with E-state index in [4.69, 9.17) is 0 Å². The van der Waals surface area contributed by atoms with Crippen molar-refractivity contribution in [1.29, 1.82) is 0 Å². The molecule has 0 aliphatic rings. The van der Waals surface area contributed by atoms with Crippen LogP contribution in [0.4, 0.5) is 5.82 Å². The van der Waals surface area contributed by atoms with Crippen LogP contribution in [0.1, 0.15) is 18.1 Å². The van der Waals surface area contributed by atoms with Crippen molar-refractivity contribution in [2.75, 3.05) is 11.9 Å². The molecule has 0 amide bonds. The van der Waals surface area contributed by atoms with E-state index in [9.17, 15) is 0 Å². The molecule has 0 spiro atoms. The number of anilines is 1. The molecule has 0 aliphatic heterocycles. The molecule has 0 saturated carbocycles. The molecule has 0 aliphatic carbocycles. The van der Waals surface area contributed by atoms with Gasteiger partial charge < -0.3 is 5.32 Å². The number of hydrogen-bond donors (Lipinski definition) is 1. The lowest BCUT2D eigenvalue weighted by Crippen LogP contribution is -2.03. The molecule has 2 aromatic rings. The quantitative estimate of drug-likeness (QED) is 0.658. The predicted molar refractivity (Wildman–Crippen MR) is 76.9 cm³/mol. The van der Waals surface area contributed by atoms with E-state index >= 15 is 0 Å². The highest BCUT2D eigenvalue weighted by Crippen LogP contribution is 2.26. The van der Waals surface area contributed by atoms with Gasteiger partial charge in [0.2, 0.25) is 0 Å². The SMILES string of the molecule is CCNc1ncnc(SCc2ccccc2)c1C. The first-order valence-corrected chi connectivity index (χ1v) is 7.02. The second kappa shape index (κ2) is 6.40. The largest absolute Gasteiger partial charge is 0.370 e. The maximum atomic E-state index is 4.35. The van der Waals surface area contributed by atoms with E-state index in [-0.39, 0.29) is 0 Å². The van der Waals surface area contributed by atoms with E-state index in [1.54, 1.807) is 18.1 Å². The highest BCUT2D eigenvalue weighted by molar-refractivity contribution is 7.98. The number of nitrogens with zero attached hydrogens (tertiary/aromatic N) is 2. The Labute approximate surface area is 112 Å². The molecular weight excluding hydrogens is 242 g/mol. The minimum absolute atomic E-state index is 0.876. The molecule has 94 valence electrons. The number of thioether (sulfide) groups is 1. The molecule has 2 rings (SSSR count). The molecule has 0 bridgehead atoms. The predicted octanol–water partition coefficient (Wildman–Crippen LogP) is 3.51. The molecule has 0 saturated heterocycles. The maximum absolute atomic E-state index is 4.35. The molecule has 1 heterocycles. The zero-order chi connectivity index (χ0) is 12.8. The van der Waals surface area contributed by atoms with Crippen molar-refractivity contribution in [3.63, 3.8) is 0 Å². The Balaban J connectivity index is 2.08. The summed E-state index contributed by atoms with van der Waals surface area (Å²) in [5.74, 6) is 1.87. The van der Waals surface area contributed by atoms with Gasteiger partial charge in [-0.05, 0) is 19.4 Å². The van der Waals surface area contributed by atoms with Crippen molar-refractivity contribution >= 4 is 17.6 Å². The summed E-state index contributed by atoms with van der Waals surface area (Å²) >= 11 is 1.75. The van der Waals surface area contributed by atoms with E-state index in [0.717, 1.165) is 28.7 Å². The van der Waals surface area contributed by atoms with Crippen LogP contribution in [0.3, 0.4) is 0 Å². The zero-order valence-corrected chi connectivity index (χ0v) is 11.5. The fourth-order valence-electron chi connectivity index (χ4n) is 1.65. The Morgan fingerprint density at radius 2 is 1.94 bits per heavy atom. The topological polar surface area (TPSA) is 37.8 Å². The molecule has 1 aromatic heterocycles. The van der Waals surface area contributed by atoms with Gasteiger partial charge in [0.25, 0.3) is 0 Å². The van der Waals surface area contributed by atoms with Crippen molar-refractivity contribution in [3.8, 4) is 0 Å². The minimum Gasteiger partial charge on any atom is -0.370 e. The van der Waals surface area contributed by atoms with Crippen molar-refractivity contribution in [2.45, 2.75) is 24.6 Å². The van der Waals surface area contributed by atoms with Crippen LogP contribution in [0.5, 0.6) is 0 Å². The van der Waals surface area contributed by atoms with Crippen molar-refractivity contribution in [2.24, 2.45) is 0 Å². The molecule has 3 nitrogen and oxygen atoms in total. The van der Waals surface area contributed by atoms with Gasteiger partial charge in [0.05, 0.1) is 0 Å². The molecular formula is C14H17N3S. The van der Waals surface area contributed by atoms with Crippen molar-refractivity contribution in [1.82, 2.24) is 9.97 Å². The fourth-order valence-corrected chi connectivity index (χ4v) is 2.58. The van der Waals surface area contributed by atoms with E-state index < -0.39 is 0 Å². The van der Waals surface area contributed by atoms with Crippen LogP contribution in [0, 0.1) is 6.92 Å². The van der Waals surface area contributed by atoms with Gasteiger partial charge in [-0.2, -0.15) is 0 Å². The average Bonchev–Trinajstić information content (AvgIpc) is 2.41. The van der Waals surface area contributed by atoms with E-state index in [1.165, 1.54) is 5.56 Å². The van der Waals surface area contributed by atoms with Gasteiger partial charge in [0.1, 0.15) is 17.2 Å². The summed E-state index contributed by atoms with van der Waals surface area (Å²) in [6, 6.07) is 10.4. The summed E-state index contributed by atoms with van der Waals surface area (Å²) in [4.78, 5) is 8.60. The van der Waals surface area contributed by atoms with Gasteiger partial charge in [0, 0.05) is 17.9 Å². The summed E-state index contributed by atoms with van der Waals surface area (Å²) in [5.41, 5.74) is 2.44. The molecule has 1 N–H and O–H groups in total. The summed E-state index contributed by atoms with van der Waals surface area (Å²) in [5, 5.41) is 4.30. The minimum atomic E-state index is 0.876. The smallest absolute Gasteiger partial charge is 0.133 e. The Kier molecular flexibility index (Phi) is 4.59. The summed E-state index contributed by atoms with van der Waals surface area (Å²) in [7, 11) is 0. The first-order valence-electron chi connectivity index (χ1n) is 6.03. The highest BCUT2D eigenvalue weighted by atomic mass is 32.2. The number of hydrogen-bond acceptors (Lipinski definition) is 4. The van der Waals surface area contributed by atoms with E-state index in [1.807, 2.05) is 6.07 Å². The van der Waals surface area contributed by atoms with E-state index in [2.05, 4.69) is 53.4 Å². The molecule has 18 heavy (non-hydrogen) atoms. The van der Waals surface area contributed by atoms with Crippen LogP contribution in [0.25, 0.3) is 0 Å².